The quantitative estimate of drug-likeness (QED) is 0.0402. The van der Waals surface area contributed by atoms with Gasteiger partial charge in [-0.05, 0) is 231 Å². The Morgan fingerprint density at radius 2 is 0.683 bits per heavy atom. The summed E-state index contributed by atoms with van der Waals surface area (Å²) >= 11 is 7.73. The molecule has 7 aliphatic carbocycles. The molecule has 21 heteroatoms. The summed E-state index contributed by atoms with van der Waals surface area (Å²) in [5.74, 6) is 8.19. The second-order valence-electron chi connectivity index (χ2n) is 35.2. The second kappa shape index (κ2) is 39.9. The molecule has 0 saturated heterocycles. The van der Waals surface area contributed by atoms with Gasteiger partial charge in [0.05, 0.1) is 27.0 Å². The normalized spacial score (nSPS) is 16.8. The molecule has 0 amide bonds. The minimum atomic E-state index is -0.424. The summed E-state index contributed by atoms with van der Waals surface area (Å²) in [4.78, 5) is 30.2. The Morgan fingerprint density at radius 3 is 1.08 bits per heavy atom. The second-order valence-corrected chi connectivity index (χ2v) is 36.6. The van der Waals surface area contributed by atoms with Crippen molar-refractivity contribution in [2.45, 2.75) is 282 Å². The summed E-state index contributed by atoms with van der Waals surface area (Å²) in [6, 6.07) is 56.1. The van der Waals surface area contributed by atoms with Crippen LogP contribution in [0.15, 0.2) is 200 Å². The van der Waals surface area contributed by atoms with Gasteiger partial charge in [0.25, 0.3) is 0 Å². The summed E-state index contributed by atoms with van der Waals surface area (Å²) in [7, 11) is 0. The first kappa shape index (κ1) is 84.5. The van der Waals surface area contributed by atoms with Gasteiger partial charge in [0.2, 0.25) is 0 Å². The fraction of sp³-hybridized carbons (Fsp3) is 0.431. The smallest absolute Gasteiger partial charge is 0.151 e. The maximum Gasteiger partial charge on any atom is 0.151 e. The molecule has 1 unspecified atom stereocenters. The molecule has 123 heavy (non-hydrogen) atoms. The number of halogens is 2. The van der Waals surface area contributed by atoms with Crippen LogP contribution in [-0.4, -0.2) is 92.6 Å². The summed E-state index contributed by atoms with van der Waals surface area (Å²) in [6.45, 7) is 13.3. The van der Waals surface area contributed by atoms with Gasteiger partial charge < -0.3 is 31.9 Å². The van der Waals surface area contributed by atoms with E-state index in [4.69, 9.17) is 36.5 Å². The number of hydrogen-bond donors (Lipinski definition) is 6. The number of aryl methyl sites for hydroxylation is 2. The molecule has 0 bridgehead atoms. The number of benzene rings is 2. The van der Waals surface area contributed by atoms with E-state index in [1.807, 2.05) is 40.9 Å². The highest BCUT2D eigenvalue weighted by atomic mass is 35.5. The lowest BCUT2D eigenvalue weighted by molar-refractivity contribution is 0.625. The highest BCUT2D eigenvalue weighted by Gasteiger charge is 2.33. The lowest BCUT2D eigenvalue weighted by Crippen LogP contribution is -2.17. The zero-order chi connectivity index (χ0) is 84.1. The summed E-state index contributed by atoms with van der Waals surface area (Å²) in [5.41, 5.74) is 16.8. The molecule has 1 atom stereocenters. The Balaban J connectivity index is 0.000000105. The Kier molecular flexibility index (Phi) is 27.4. The third-order valence-corrected chi connectivity index (χ3v) is 27.9. The molecular weight excluding hydrogens is 1560 g/mol. The van der Waals surface area contributed by atoms with Gasteiger partial charge in [0, 0.05) is 102 Å². The molecule has 22 rings (SSSR count). The van der Waals surface area contributed by atoms with Crippen molar-refractivity contribution in [2.24, 2.45) is 0 Å². The van der Waals surface area contributed by atoms with Crippen LogP contribution in [0.4, 0.5) is 39.3 Å². The average Bonchev–Trinajstić information content (AvgIpc) is 1.61. The Hall–Kier alpha value is -10.7. The summed E-state index contributed by atoms with van der Waals surface area (Å²) in [5, 5.41) is 24.6. The van der Waals surface area contributed by atoms with Crippen molar-refractivity contribution in [3.05, 3.63) is 239 Å². The SMILES string of the molecule is CCC(C)c1nc2ccccn2c1NC1CCCC1.CCC(CC)c1nc2ccccn2c1NC1CCCC1.Cc1ccccc1-c1nc2ccccn2c1NC1CCCC1.Cc1ccsc1-c1nc2ccccn2c1NC1CCCC1.Fc1c(Cl)cccc1-c1nc2ccccn2c1NC1CCCC1.c1ccn2c(NC3CCCC3)c(C3CC3)nc2c1. The van der Waals surface area contributed by atoms with Crippen molar-refractivity contribution in [3.8, 4) is 33.1 Å². The molecule has 0 spiro atoms. The fourth-order valence-corrected chi connectivity index (χ4v) is 20.4. The number of rotatable bonds is 21. The van der Waals surface area contributed by atoms with Crippen LogP contribution in [0.3, 0.4) is 0 Å². The van der Waals surface area contributed by atoms with Crippen LogP contribution in [0.1, 0.15) is 260 Å². The van der Waals surface area contributed by atoms with Crippen LogP contribution in [0.5, 0.6) is 0 Å². The fourth-order valence-electron chi connectivity index (χ4n) is 19.3. The number of pyridine rings is 6. The average molecular weight is 1690 g/mol. The van der Waals surface area contributed by atoms with E-state index in [-0.39, 0.29) is 5.02 Å². The molecular formula is C102H124ClFN18S. The molecule has 642 valence electrons. The van der Waals surface area contributed by atoms with Crippen LogP contribution in [0, 0.1) is 19.7 Å². The van der Waals surface area contributed by atoms with Gasteiger partial charge in [-0.3, -0.25) is 26.4 Å². The lowest BCUT2D eigenvalue weighted by atomic mass is 9.99. The zero-order valence-electron chi connectivity index (χ0n) is 72.8. The van der Waals surface area contributed by atoms with Crippen LogP contribution in [0.2, 0.25) is 5.02 Å². The molecule has 13 heterocycles. The van der Waals surface area contributed by atoms with E-state index in [2.05, 4.69) is 246 Å². The molecule has 13 aromatic heterocycles. The van der Waals surface area contributed by atoms with Gasteiger partial charge in [-0.2, -0.15) is 0 Å². The summed E-state index contributed by atoms with van der Waals surface area (Å²) < 4.78 is 27.5. The van der Waals surface area contributed by atoms with Crippen molar-refractivity contribution >= 4 is 91.7 Å². The first-order valence-corrected chi connectivity index (χ1v) is 47.7. The van der Waals surface area contributed by atoms with E-state index >= 15 is 0 Å². The number of thiophene rings is 1. The minimum absolute atomic E-state index is 0.117. The van der Waals surface area contributed by atoms with E-state index in [1.165, 1.54) is 210 Å². The van der Waals surface area contributed by atoms with Crippen LogP contribution in [0.25, 0.3) is 67.0 Å². The minimum Gasteiger partial charge on any atom is -0.367 e. The monoisotopic (exact) mass is 1690 g/mol. The van der Waals surface area contributed by atoms with Crippen molar-refractivity contribution < 1.29 is 4.39 Å². The van der Waals surface area contributed by atoms with Gasteiger partial charge in [0.15, 0.2) is 5.82 Å². The molecule has 6 N–H and O–H groups in total. The van der Waals surface area contributed by atoms with E-state index in [0.717, 1.165) is 94.8 Å². The molecule has 0 radical (unpaired) electrons. The molecule has 0 aliphatic heterocycles. The Morgan fingerprint density at radius 1 is 0.350 bits per heavy atom. The Bertz CT molecular complexity index is 5960. The van der Waals surface area contributed by atoms with Gasteiger partial charge in [0.1, 0.15) is 85.9 Å². The topological polar surface area (TPSA) is 176 Å². The maximum atomic E-state index is 14.5. The van der Waals surface area contributed by atoms with E-state index in [0.29, 0.717) is 65.3 Å². The van der Waals surface area contributed by atoms with Crippen molar-refractivity contribution in [1.82, 2.24) is 56.3 Å². The third-order valence-electron chi connectivity index (χ3n) is 26.5. The number of imidazole rings is 6. The number of hydrogen-bond acceptors (Lipinski definition) is 13. The van der Waals surface area contributed by atoms with Gasteiger partial charge in [-0.25, -0.2) is 34.3 Å². The van der Waals surface area contributed by atoms with Crippen LogP contribution >= 0.6 is 22.9 Å². The zero-order valence-corrected chi connectivity index (χ0v) is 74.4. The first-order valence-electron chi connectivity index (χ1n) is 46.4. The van der Waals surface area contributed by atoms with Gasteiger partial charge in [-0.15, -0.1) is 11.3 Å². The molecule has 7 saturated carbocycles. The van der Waals surface area contributed by atoms with Gasteiger partial charge in [-0.1, -0.05) is 183 Å². The predicted octanol–water partition coefficient (Wildman–Crippen LogP) is 26.9. The van der Waals surface area contributed by atoms with Crippen molar-refractivity contribution in [1.29, 1.82) is 0 Å². The Labute approximate surface area is 733 Å². The predicted molar refractivity (Wildman–Crippen MR) is 509 cm³/mol. The molecule has 7 fully saturated rings. The first-order chi connectivity index (χ1) is 60.4. The highest BCUT2D eigenvalue weighted by Crippen LogP contribution is 2.45. The standard InChI is InChI=1S/C19H21N3.C18H17ClFN3.C17H19N3S.C17H25N3.C16H23N3.C15H19N3/c1-14-8-2-5-11-16(14)18-19(20-15-9-3-4-10-15)22-13-7-6-12-17(22)21-18;19-14-9-5-8-13(16(14)20)17-18(21-12-6-1-2-7-12)23-11-4-3-10-15(23)22-17;1-12-9-11-21-16(12)15-17(18-13-6-2-3-7-13)20-10-5-4-8-14(20)19-15;1-3-13(4-2)16-17(18-14-9-5-6-10-14)20-12-8-7-11-15(20)19-16;1-3-12(2)15-16(17-13-8-4-5-9-13)19-11-7-6-10-14(19)18-15;1-2-6-12(5-1)16-15-14(11-8-9-11)17-13-7-3-4-10-18(13)15/h2,5-8,11-13,15,20H,3-4,9-10H2,1H3;3-5,8-12,21H,1-2,6-7H2;4-5,8-11,13,18H,2-3,6-7H2,1H3;7-8,11-14,18H,3-6,9-10H2,1-2H3;6-7,10-13,17H,3-5,8-9H2,1-2H3;3-4,7,10-12,16H,1-2,5-6,8-9H2. The van der Waals surface area contributed by atoms with E-state index in [9.17, 15) is 4.39 Å². The number of anilines is 6. The van der Waals surface area contributed by atoms with Crippen LogP contribution < -0.4 is 31.9 Å². The summed E-state index contributed by atoms with van der Waals surface area (Å²) in [6.07, 6.45) is 49.6. The maximum absolute atomic E-state index is 14.5. The molecule has 7 aliphatic rings. The third kappa shape index (κ3) is 19.5. The van der Waals surface area contributed by atoms with Gasteiger partial charge >= 0.3 is 0 Å². The van der Waals surface area contributed by atoms with Crippen molar-refractivity contribution in [2.75, 3.05) is 31.9 Å². The molecule has 15 aromatic rings. The van der Waals surface area contributed by atoms with Crippen molar-refractivity contribution in [3.63, 3.8) is 0 Å². The lowest BCUT2D eigenvalue weighted by Gasteiger charge is -2.17. The number of nitrogens with zero attached hydrogens (tertiary/aromatic N) is 12. The number of nitrogens with one attached hydrogen (secondary N) is 6. The van der Waals surface area contributed by atoms with E-state index in [1.54, 1.807) is 29.5 Å². The molecule has 18 nitrogen and oxygen atoms in total. The number of fused-ring (bicyclic) bond motifs is 6. The number of aromatic nitrogens is 12. The van der Waals surface area contributed by atoms with E-state index < -0.39 is 5.82 Å². The van der Waals surface area contributed by atoms with Crippen LogP contribution in [-0.2, 0) is 0 Å². The largest absolute Gasteiger partial charge is 0.367 e. The molecule has 2 aromatic carbocycles. The highest BCUT2D eigenvalue weighted by molar-refractivity contribution is 7.13.